The summed E-state index contributed by atoms with van der Waals surface area (Å²) in [6, 6.07) is 0. The minimum absolute atomic E-state index is 0.141. The zero-order valence-corrected chi connectivity index (χ0v) is 9.17. The van der Waals surface area contributed by atoms with E-state index in [9.17, 15) is 5.11 Å². The predicted molar refractivity (Wildman–Crippen MR) is 53.5 cm³/mol. The molecule has 2 aliphatic heterocycles. The fraction of sp³-hybridized carbons (Fsp3) is 1.00. The molecule has 2 saturated heterocycles. The van der Waals surface area contributed by atoms with Crippen molar-refractivity contribution < 1.29 is 24.4 Å². The van der Waals surface area contributed by atoms with Crippen molar-refractivity contribution in [3.8, 4) is 0 Å². The Labute approximate surface area is 94.3 Å². The van der Waals surface area contributed by atoms with Crippen molar-refractivity contribution in [3.63, 3.8) is 0 Å². The lowest BCUT2D eigenvalue weighted by Gasteiger charge is -2.33. The van der Waals surface area contributed by atoms with E-state index < -0.39 is 24.3 Å². The second-order valence-electron chi connectivity index (χ2n) is 4.88. The van der Waals surface area contributed by atoms with Gasteiger partial charge in [0.15, 0.2) is 12.1 Å². The lowest BCUT2D eigenvalue weighted by Crippen LogP contribution is -2.37. The van der Waals surface area contributed by atoms with Gasteiger partial charge in [0.1, 0.15) is 18.3 Å². The molecule has 0 aromatic heterocycles. The van der Waals surface area contributed by atoms with Crippen LogP contribution in [-0.4, -0.2) is 47.2 Å². The summed E-state index contributed by atoms with van der Waals surface area (Å²) in [5, 5.41) is 18.8. The first kappa shape index (κ1) is 10.9. The van der Waals surface area contributed by atoms with Crippen molar-refractivity contribution in [2.45, 2.75) is 62.5 Å². The maximum absolute atomic E-state index is 9.68. The molecule has 1 saturated carbocycles. The summed E-state index contributed by atoms with van der Waals surface area (Å²) < 4.78 is 16.9. The molecule has 0 bridgehead atoms. The van der Waals surface area contributed by atoms with Gasteiger partial charge in [-0.05, 0) is 12.8 Å². The molecular weight excluding hydrogens is 212 g/mol. The molecule has 0 radical (unpaired) electrons. The van der Waals surface area contributed by atoms with Gasteiger partial charge in [0.2, 0.25) is 0 Å². The summed E-state index contributed by atoms with van der Waals surface area (Å²) in [4.78, 5) is 0. The van der Waals surface area contributed by atoms with E-state index >= 15 is 0 Å². The third-order valence-electron chi connectivity index (χ3n) is 3.78. The maximum Gasteiger partial charge on any atom is 0.184 e. The minimum atomic E-state index is -0.969. The van der Waals surface area contributed by atoms with Crippen LogP contribution >= 0.6 is 0 Å². The van der Waals surface area contributed by atoms with Gasteiger partial charge < -0.3 is 24.4 Å². The molecule has 0 amide bonds. The number of fused-ring (bicyclic) bond motifs is 1. The van der Waals surface area contributed by atoms with E-state index in [1.165, 1.54) is 6.42 Å². The molecule has 3 fully saturated rings. The Balaban J connectivity index is 1.76. The first-order valence-corrected chi connectivity index (χ1v) is 6.04. The summed E-state index contributed by atoms with van der Waals surface area (Å²) >= 11 is 0. The Bertz CT molecular complexity index is 263. The second-order valence-corrected chi connectivity index (χ2v) is 4.88. The predicted octanol–water partition coefficient (Wildman–Crippen LogP) is 0.140. The number of ether oxygens (including phenoxy) is 3. The molecule has 4 atom stereocenters. The van der Waals surface area contributed by atoms with E-state index in [4.69, 9.17) is 19.3 Å². The maximum atomic E-state index is 9.68. The van der Waals surface area contributed by atoms with Gasteiger partial charge in [-0.2, -0.15) is 0 Å². The number of hydrogen-bond acceptors (Lipinski definition) is 5. The Kier molecular flexibility index (Phi) is 2.68. The molecule has 3 aliphatic rings. The molecule has 5 heteroatoms. The second kappa shape index (κ2) is 3.92. The van der Waals surface area contributed by atoms with Crippen LogP contribution in [-0.2, 0) is 14.2 Å². The number of rotatable bonds is 1. The smallest absolute Gasteiger partial charge is 0.184 e. The van der Waals surface area contributed by atoms with Crippen LogP contribution in [0.1, 0.15) is 32.1 Å². The standard InChI is InChI=1S/C11H18O5/c12-6-7-8-9(10(13)14-7)16-11(15-8)4-2-1-3-5-11/h7-10,12-13H,1-6H2. The third kappa shape index (κ3) is 1.58. The van der Waals surface area contributed by atoms with E-state index in [1.807, 2.05) is 0 Å². The van der Waals surface area contributed by atoms with E-state index in [0.717, 1.165) is 25.7 Å². The molecule has 1 spiro atoms. The largest absolute Gasteiger partial charge is 0.394 e. The van der Waals surface area contributed by atoms with Crippen LogP contribution in [0, 0.1) is 0 Å². The normalized spacial score (nSPS) is 46.1. The van der Waals surface area contributed by atoms with E-state index in [-0.39, 0.29) is 12.7 Å². The van der Waals surface area contributed by atoms with E-state index in [1.54, 1.807) is 0 Å². The highest BCUT2D eigenvalue weighted by Gasteiger charge is 2.57. The van der Waals surface area contributed by atoms with Crippen molar-refractivity contribution in [3.05, 3.63) is 0 Å². The van der Waals surface area contributed by atoms with Crippen molar-refractivity contribution in [1.29, 1.82) is 0 Å². The Morgan fingerprint density at radius 2 is 1.75 bits per heavy atom. The van der Waals surface area contributed by atoms with Crippen LogP contribution in [0.25, 0.3) is 0 Å². The molecule has 2 N–H and O–H groups in total. The van der Waals surface area contributed by atoms with Crippen LogP contribution in [0.4, 0.5) is 0 Å². The van der Waals surface area contributed by atoms with Crippen molar-refractivity contribution >= 4 is 0 Å². The van der Waals surface area contributed by atoms with Crippen molar-refractivity contribution in [2.75, 3.05) is 6.61 Å². The Hall–Kier alpha value is -0.200. The Morgan fingerprint density at radius 3 is 2.44 bits per heavy atom. The average Bonchev–Trinajstić information content (AvgIpc) is 2.78. The summed E-state index contributed by atoms with van der Waals surface area (Å²) in [6.45, 7) is -0.141. The van der Waals surface area contributed by atoms with Gasteiger partial charge in [-0.15, -0.1) is 0 Å². The molecule has 5 nitrogen and oxygen atoms in total. The van der Waals surface area contributed by atoms with Crippen LogP contribution < -0.4 is 0 Å². The Morgan fingerprint density at radius 1 is 1.06 bits per heavy atom. The van der Waals surface area contributed by atoms with Gasteiger partial charge in [-0.1, -0.05) is 6.42 Å². The molecule has 0 aromatic carbocycles. The zero-order valence-electron chi connectivity index (χ0n) is 9.17. The van der Waals surface area contributed by atoms with Crippen LogP contribution in [0.3, 0.4) is 0 Å². The molecule has 16 heavy (non-hydrogen) atoms. The van der Waals surface area contributed by atoms with E-state index in [2.05, 4.69) is 0 Å². The quantitative estimate of drug-likeness (QED) is 0.670. The fourth-order valence-corrected chi connectivity index (χ4v) is 2.97. The molecule has 2 heterocycles. The van der Waals surface area contributed by atoms with Gasteiger partial charge in [-0.25, -0.2) is 0 Å². The monoisotopic (exact) mass is 230 g/mol. The molecule has 4 unspecified atom stereocenters. The first-order valence-electron chi connectivity index (χ1n) is 6.04. The lowest BCUT2D eigenvalue weighted by molar-refractivity contribution is -0.249. The molecule has 92 valence electrons. The molecular formula is C11H18O5. The van der Waals surface area contributed by atoms with Gasteiger partial charge in [-0.3, -0.25) is 0 Å². The SMILES string of the molecule is OCC1OC(O)C2OC3(CCCCC3)OC12. The van der Waals surface area contributed by atoms with Crippen LogP contribution in [0.2, 0.25) is 0 Å². The van der Waals surface area contributed by atoms with Gasteiger partial charge in [0.25, 0.3) is 0 Å². The zero-order chi connectivity index (χ0) is 11.2. The fourth-order valence-electron chi connectivity index (χ4n) is 2.97. The summed E-state index contributed by atoms with van der Waals surface area (Å²) in [7, 11) is 0. The van der Waals surface area contributed by atoms with Gasteiger partial charge >= 0.3 is 0 Å². The highest BCUT2D eigenvalue weighted by atomic mass is 16.8. The van der Waals surface area contributed by atoms with Gasteiger partial charge in [0, 0.05) is 12.8 Å². The van der Waals surface area contributed by atoms with Gasteiger partial charge in [0.05, 0.1) is 6.61 Å². The third-order valence-corrected chi connectivity index (χ3v) is 3.78. The first-order chi connectivity index (χ1) is 7.74. The van der Waals surface area contributed by atoms with Crippen molar-refractivity contribution in [2.24, 2.45) is 0 Å². The number of hydrogen-bond donors (Lipinski definition) is 2. The minimum Gasteiger partial charge on any atom is -0.394 e. The van der Waals surface area contributed by atoms with Crippen molar-refractivity contribution in [1.82, 2.24) is 0 Å². The number of aliphatic hydroxyl groups is 2. The highest BCUT2D eigenvalue weighted by molar-refractivity contribution is 4.97. The van der Waals surface area contributed by atoms with E-state index in [0.29, 0.717) is 0 Å². The topological polar surface area (TPSA) is 68.2 Å². The lowest BCUT2D eigenvalue weighted by atomic mass is 9.94. The van der Waals surface area contributed by atoms with Crippen LogP contribution in [0.5, 0.6) is 0 Å². The number of aliphatic hydroxyl groups excluding tert-OH is 2. The molecule has 1 aliphatic carbocycles. The summed E-state index contributed by atoms with van der Waals surface area (Å²) in [5.41, 5.74) is 0. The summed E-state index contributed by atoms with van der Waals surface area (Å²) in [5.74, 6) is -0.522. The molecule has 3 rings (SSSR count). The highest BCUT2D eigenvalue weighted by Crippen LogP contribution is 2.45. The average molecular weight is 230 g/mol. The molecule has 0 aromatic rings. The van der Waals surface area contributed by atoms with Crippen LogP contribution in [0.15, 0.2) is 0 Å². The summed E-state index contributed by atoms with van der Waals surface area (Å²) in [6.07, 6.45) is 2.99.